The summed E-state index contributed by atoms with van der Waals surface area (Å²) in [5.41, 5.74) is 2.15. The van der Waals surface area contributed by atoms with Crippen LogP contribution in [0.5, 0.6) is 0 Å². The highest BCUT2D eigenvalue weighted by Gasteiger charge is 2.30. The third-order valence-corrected chi connectivity index (χ3v) is 4.64. The number of hydrogen-bond acceptors (Lipinski definition) is 5. The third-order valence-electron chi connectivity index (χ3n) is 3.52. The fourth-order valence-electron chi connectivity index (χ4n) is 2.47. The summed E-state index contributed by atoms with van der Waals surface area (Å²) in [5.74, 6) is 0.313. The number of β-amino-alcohol motifs (C(OH)–C–C–N with tert-alkyl or cyclic N) is 1. The van der Waals surface area contributed by atoms with Gasteiger partial charge in [0, 0.05) is 22.5 Å². The third kappa shape index (κ3) is 3.24. The molecular weight excluding hydrogens is 334 g/mol. The Kier molecular flexibility index (Phi) is 4.39. The van der Waals surface area contributed by atoms with E-state index >= 15 is 0 Å². The molecule has 1 atom stereocenters. The summed E-state index contributed by atoms with van der Waals surface area (Å²) in [7, 11) is 0. The number of halogens is 1. The predicted molar refractivity (Wildman–Crippen MR) is 93.1 cm³/mol. The normalized spacial score (nSPS) is 16.3. The largest absolute Gasteiger partial charge is 0.510 e. The number of aliphatic hydroxyl groups excluding tert-OH is 2. The molecule has 2 heterocycles. The first kappa shape index (κ1) is 16.0. The summed E-state index contributed by atoms with van der Waals surface area (Å²) >= 11 is 7.27. The van der Waals surface area contributed by atoms with E-state index in [0.29, 0.717) is 22.1 Å². The summed E-state index contributed by atoms with van der Waals surface area (Å²) in [5, 5.41) is 31.0. The van der Waals surface area contributed by atoms with Gasteiger partial charge in [0.15, 0.2) is 0 Å². The lowest BCUT2D eigenvalue weighted by atomic mass is 10.2. The van der Waals surface area contributed by atoms with Gasteiger partial charge < -0.3 is 15.1 Å². The summed E-state index contributed by atoms with van der Waals surface area (Å²) in [6.45, 7) is 2.20. The fraction of sp³-hybridized carbons (Fsp3) is 0.250. The van der Waals surface area contributed by atoms with Crippen LogP contribution in [-0.2, 0) is 0 Å². The smallest absolute Gasteiger partial charge is 0.135 e. The van der Waals surface area contributed by atoms with Crippen molar-refractivity contribution in [2.75, 3.05) is 13.1 Å². The minimum atomic E-state index is -0.566. The van der Waals surface area contributed by atoms with Crippen molar-refractivity contribution in [3.05, 3.63) is 45.4 Å². The Hall–Kier alpha value is -1.89. The second-order valence-corrected chi connectivity index (χ2v) is 6.74. The zero-order chi connectivity index (χ0) is 16.6. The zero-order valence-electron chi connectivity index (χ0n) is 12.5. The minimum absolute atomic E-state index is 0.118. The van der Waals surface area contributed by atoms with Crippen LogP contribution in [-0.4, -0.2) is 45.1 Å². The number of nitrogens with one attached hydrogen (secondary N) is 1. The van der Waals surface area contributed by atoms with Gasteiger partial charge in [-0.15, -0.1) is 11.3 Å². The maximum absolute atomic E-state index is 10.2. The Labute approximate surface area is 143 Å². The van der Waals surface area contributed by atoms with Gasteiger partial charge in [-0.3, -0.25) is 5.41 Å². The van der Waals surface area contributed by atoms with Crippen LogP contribution in [0.15, 0.2) is 35.4 Å². The number of thiazole rings is 1. The lowest BCUT2D eigenvalue weighted by Crippen LogP contribution is -2.33. The van der Waals surface area contributed by atoms with Crippen molar-refractivity contribution in [3.63, 3.8) is 0 Å². The Morgan fingerprint density at radius 3 is 2.74 bits per heavy atom. The Balaban J connectivity index is 1.87. The first-order chi connectivity index (χ1) is 11.0. The zero-order valence-corrected chi connectivity index (χ0v) is 14.0. The van der Waals surface area contributed by atoms with Crippen molar-refractivity contribution in [1.29, 1.82) is 5.41 Å². The first-order valence-electron chi connectivity index (χ1n) is 7.11. The van der Waals surface area contributed by atoms with Gasteiger partial charge in [-0.05, 0) is 19.1 Å². The van der Waals surface area contributed by atoms with Crippen LogP contribution in [0, 0.1) is 5.41 Å². The number of rotatable bonds is 4. The molecular formula is C16H16ClN3O2S. The highest BCUT2D eigenvalue weighted by atomic mass is 35.5. The average Bonchev–Trinajstić information content (AvgIpc) is 3.05. The molecule has 0 radical (unpaired) electrons. The molecule has 0 unspecified atom stereocenters. The van der Waals surface area contributed by atoms with E-state index < -0.39 is 6.10 Å². The van der Waals surface area contributed by atoms with E-state index in [0.717, 1.165) is 11.3 Å². The molecule has 1 aromatic carbocycles. The van der Waals surface area contributed by atoms with Gasteiger partial charge in [0.2, 0.25) is 0 Å². The maximum Gasteiger partial charge on any atom is 0.135 e. The molecule has 2 aromatic rings. The summed E-state index contributed by atoms with van der Waals surface area (Å²) in [4.78, 5) is 6.17. The standard InChI is InChI=1S/C16H16ClN3O2S/c1-9(21)6-20-7-13(22)14(15(20)18)16-19-12(8-23-16)10-2-4-11(17)5-3-10/h2-5,8-9,18,21-22H,6-7H2,1H3/t9-/m1/s1. The molecule has 1 aliphatic rings. The average molecular weight is 350 g/mol. The lowest BCUT2D eigenvalue weighted by Gasteiger charge is -2.19. The van der Waals surface area contributed by atoms with Crippen molar-refractivity contribution >= 4 is 34.3 Å². The van der Waals surface area contributed by atoms with Crippen molar-refractivity contribution in [2.45, 2.75) is 13.0 Å². The second-order valence-electron chi connectivity index (χ2n) is 5.44. The maximum atomic E-state index is 10.2. The van der Waals surface area contributed by atoms with Crippen LogP contribution in [0.4, 0.5) is 0 Å². The van der Waals surface area contributed by atoms with Crippen molar-refractivity contribution < 1.29 is 10.2 Å². The number of hydrogen-bond donors (Lipinski definition) is 3. The molecule has 120 valence electrons. The summed E-state index contributed by atoms with van der Waals surface area (Å²) < 4.78 is 0. The van der Waals surface area contributed by atoms with Crippen LogP contribution >= 0.6 is 22.9 Å². The fourth-order valence-corrected chi connectivity index (χ4v) is 3.50. The van der Waals surface area contributed by atoms with Gasteiger partial charge in [0.1, 0.15) is 16.6 Å². The van der Waals surface area contributed by atoms with Crippen LogP contribution in [0.1, 0.15) is 11.9 Å². The quantitative estimate of drug-likeness (QED) is 0.790. The molecule has 0 aliphatic carbocycles. The van der Waals surface area contributed by atoms with Gasteiger partial charge in [0.25, 0.3) is 0 Å². The summed E-state index contributed by atoms with van der Waals surface area (Å²) in [6.07, 6.45) is -0.566. The predicted octanol–water partition coefficient (Wildman–Crippen LogP) is 3.41. The van der Waals surface area contributed by atoms with Crippen LogP contribution in [0.25, 0.3) is 16.8 Å². The van der Waals surface area contributed by atoms with E-state index in [-0.39, 0.29) is 18.1 Å². The Bertz CT molecular complexity index is 768. The van der Waals surface area contributed by atoms with Gasteiger partial charge in [-0.2, -0.15) is 0 Å². The van der Waals surface area contributed by atoms with Crippen LogP contribution in [0.3, 0.4) is 0 Å². The van der Waals surface area contributed by atoms with Gasteiger partial charge >= 0.3 is 0 Å². The van der Waals surface area contributed by atoms with Gasteiger partial charge in [0.05, 0.1) is 23.9 Å². The molecule has 1 aliphatic heterocycles. The van der Waals surface area contributed by atoms with Gasteiger partial charge in [-0.25, -0.2) is 4.98 Å². The number of nitrogens with zero attached hydrogens (tertiary/aromatic N) is 2. The Morgan fingerprint density at radius 1 is 1.39 bits per heavy atom. The molecule has 0 fully saturated rings. The second kappa shape index (κ2) is 6.31. The minimum Gasteiger partial charge on any atom is -0.510 e. The lowest BCUT2D eigenvalue weighted by molar-refractivity contribution is 0.160. The Morgan fingerprint density at radius 2 is 2.09 bits per heavy atom. The van der Waals surface area contributed by atoms with Crippen molar-refractivity contribution in [3.8, 4) is 11.3 Å². The highest BCUT2D eigenvalue weighted by molar-refractivity contribution is 7.11. The van der Waals surface area contributed by atoms with E-state index in [4.69, 9.17) is 17.0 Å². The summed E-state index contributed by atoms with van der Waals surface area (Å²) in [6, 6.07) is 7.37. The van der Waals surface area contributed by atoms with Crippen LogP contribution in [0.2, 0.25) is 5.02 Å². The molecule has 0 amide bonds. The molecule has 23 heavy (non-hydrogen) atoms. The highest BCUT2D eigenvalue weighted by Crippen LogP contribution is 2.32. The van der Waals surface area contributed by atoms with Crippen LogP contribution < -0.4 is 0 Å². The molecule has 7 heteroatoms. The monoisotopic (exact) mass is 349 g/mol. The number of benzene rings is 1. The molecule has 0 spiro atoms. The SMILES string of the molecule is C[C@@H](O)CN1CC(O)=C(c2nc(-c3ccc(Cl)cc3)cs2)C1=N. The van der Waals surface area contributed by atoms with Crippen molar-refractivity contribution in [2.24, 2.45) is 0 Å². The number of amidine groups is 1. The van der Waals surface area contributed by atoms with E-state index in [1.807, 2.05) is 17.5 Å². The van der Waals surface area contributed by atoms with E-state index in [1.54, 1.807) is 24.0 Å². The van der Waals surface area contributed by atoms with E-state index in [2.05, 4.69) is 4.98 Å². The molecule has 3 rings (SSSR count). The van der Waals surface area contributed by atoms with E-state index in [9.17, 15) is 10.2 Å². The molecule has 0 saturated heterocycles. The molecule has 0 bridgehead atoms. The number of aliphatic hydroxyl groups is 2. The van der Waals surface area contributed by atoms with Crippen molar-refractivity contribution in [1.82, 2.24) is 9.88 Å². The molecule has 1 aromatic heterocycles. The first-order valence-corrected chi connectivity index (χ1v) is 8.37. The molecule has 5 nitrogen and oxygen atoms in total. The number of aromatic nitrogens is 1. The topological polar surface area (TPSA) is 80.4 Å². The van der Waals surface area contributed by atoms with Gasteiger partial charge in [-0.1, -0.05) is 23.7 Å². The molecule has 3 N–H and O–H groups in total. The van der Waals surface area contributed by atoms with E-state index in [1.165, 1.54) is 11.3 Å². The molecule has 0 saturated carbocycles.